The second-order valence-corrected chi connectivity index (χ2v) is 4.46. The van der Waals surface area contributed by atoms with E-state index in [-0.39, 0.29) is 12.5 Å². The summed E-state index contributed by atoms with van der Waals surface area (Å²) in [4.78, 5) is 16.1. The molecule has 0 bridgehead atoms. The Morgan fingerprint density at radius 1 is 1.48 bits per heavy atom. The molecule has 1 amide bonds. The summed E-state index contributed by atoms with van der Waals surface area (Å²) in [5, 5.41) is 6.96. The van der Waals surface area contributed by atoms with Crippen LogP contribution < -0.4 is 11.1 Å². The second kappa shape index (κ2) is 7.22. The van der Waals surface area contributed by atoms with Gasteiger partial charge in [-0.15, -0.1) is 0 Å². The van der Waals surface area contributed by atoms with E-state index in [0.717, 1.165) is 12.0 Å². The van der Waals surface area contributed by atoms with E-state index in [0.29, 0.717) is 17.7 Å². The summed E-state index contributed by atoms with van der Waals surface area (Å²) >= 11 is 0. The van der Waals surface area contributed by atoms with Crippen molar-refractivity contribution in [3.8, 4) is 11.8 Å². The molecule has 0 aliphatic rings. The molecule has 21 heavy (non-hydrogen) atoms. The number of aromatic nitrogens is 3. The predicted molar refractivity (Wildman–Crippen MR) is 79.4 cm³/mol. The molecule has 2 heterocycles. The Morgan fingerprint density at radius 2 is 2.33 bits per heavy atom. The maximum atomic E-state index is 12.2. The Bertz CT molecular complexity index is 681. The van der Waals surface area contributed by atoms with Crippen molar-refractivity contribution in [2.75, 3.05) is 13.1 Å². The lowest BCUT2D eigenvalue weighted by Crippen LogP contribution is -2.26. The lowest BCUT2D eigenvalue weighted by atomic mass is 10.1. The van der Waals surface area contributed by atoms with E-state index in [1.165, 1.54) is 0 Å². The number of carbonyl (C=O) groups is 1. The van der Waals surface area contributed by atoms with Crippen LogP contribution in [0.5, 0.6) is 0 Å². The largest absolute Gasteiger partial charge is 0.352 e. The molecule has 0 atom stereocenters. The van der Waals surface area contributed by atoms with Crippen molar-refractivity contribution < 1.29 is 4.79 Å². The number of aryl methyl sites for hydroxylation is 1. The molecule has 0 fully saturated rings. The first-order valence-corrected chi connectivity index (χ1v) is 6.59. The van der Waals surface area contributed by atoms with Crippen molar-refractivity contribution in [3.63, 3.8) is 0 Å². The number of hydrogen-bond donors (Lipinski definition) is 2. The first-order chi connectivity index (χ1) is 10.2. The van der Waals surface area contributed by atoms with Gasteiger partial charge in [0.15, 0.2) is 0 Å². The molecular weight excluding hydrogens is 266 g/mol. The molecule has 0 radical (unpaired) electrons. The zero-order valence-corrected chi connectivity index (χ0v) is 11.8. The lowest BCUT2D eigenvalue weighted by Gasteiger charge is -2.05. The van der Waals surface area contributed by atoms with Gasteiger partial charge in [0.05, 0.1) is 23.9 Å². The van der Waals surface area contributed by atoms with Crippen molar-refractivity contribution in [2.24, 2.45) is 12.8 Å². The third-order valence-electron chi connectivity index (χ3n) is 2.85. The van der Waals surface area contributed by atoms with Gasteiger partial charge in [0, 0.05) is 32.2 Å². The van der Waals surface area contributed by atoms with E-state index in [1.54, 1.807) is 29.3 Å². The Morgan fingerprint density at radius 3 is 3.05 bits per heavy atom. The molecule has 0 aliphatic heterocycles. The SMILES string of the molecule is Cn1cc(CCNC(=O)c2ccncc2C#CCN)cn1. The fourth-order valence-electron chi connectivity index (χ4n) is 1.85. The molecule has 0 aromatic carbocycles. The second-order valence-electron chi connectivity index (χ2n) is 4.46. The Balaban J connectivity index is 1.97. The van der Waals surface area contributed by atoms with Crippen LogP contribution in [0.1, 0.15) is 21.5 Å². The Hall–Kier alpha value is -2.65. The zero-order chi connectivity index (χ0) is 15.1. The Kier molecular flexibility index (Phi) is 5.07. The number of hydrogen-bond acceptors (Lipinski definition) is 4. The number of pyridine rings is 1. The molecule has 6 nitrogen and oxygen atoms in total. The van der Waals surface area contributed by atoms with Crippen LogP contribution in [0.25, 0.3) is 0 Å². The highest BCUT2D eigenvalue weighted by molar-refractivity contribution is 5.96. The molecule has 2 rings (SSSR count). The summed E-state index contributed by atoms with van der Waals surface area (Å²) in [5.74, 6) is 5.42. The van der Waals surface area contributed by atoms with Crippen LogP contribution in [-0.4, -0.2) is 33.8 Å². The highest BCUT2D eigenvalue weighted by Crippen LogP contribution is 2.05. The van der Waals surface area contributed by atoms with Gasteiger partial charge in [-0.25, -0.2) is 0 Å². The van der Waals surface area contributed by atoms with Gasteiger partial charge in [-0.3, -0.25) is 14.5 Å². The van der Waals surface area contributed by atoms with Crippen molar-refractivity contribution in [1.29, 1.82) is 0 Å². The number of nitrogens with one attached hydrogen (secondary N) is 1. The number of nitrogens with zero attached hydrogens (tertiary/aromatic N) is 3. The minimum Gasteiger partial charge on any atom is -0.352 e. The van der Waals surface area contributed by atoms with Crippen LogP contribution in [0, 0.1) is 11.8 Å². The normalized spacial score (nSPS) is 9.81. The molecule has 108 valence electrons. The van der Waals surface area contributed by atoms with Gasteiger partial charge < -0.3 is 11.1 Å². The van der Waals surface area contributed by atoms with E-state index < -0.39 is 0 Å². The summed E-state index contributed by atoms with van der Waals surface area (Å²) in [6.07, 6.45) is 7.59. The average Bonchev–Trinajstić information content (AvgIpc) is 2.91. The minimum absolute atomic E-state index is 0.164. The predicted octanol–water partition coefficient (Wildman–Crippen LogP) is 0.0978. The smallest absolute Gasteiger partial charge is 0.252 e. The van der Waals surface area contributed by atoms with E-state index in [2.05, 4.69) is 27.2 Å². The van der Waals surface area contributed by atoms with Crippen LogP contribution in [0.2, 0.25) is 0 Å². The Labute approximate surface area is 123 Å². The highest BCUT2D eigenvalue weighted by Gasteiger charge is 2.09. The van der Waals surface area contributed by atoms with Gasteiger partial charge in [0.1, 0.15) is 0 Å². The van der Waals surface area contributed by atoms with Crippen molar-refractivity contribution in [3.05, 3.63) is 47.5 Å². The van der Waals surface area contributed by atoms with E-state index >= 15 is 0 Å². The first kappa shape index (κ1) is 14.8. The third-order valence-corrected chi connectivity index (χ3v) is 2.85. The quantitative estimate of drug-likeness (QED) is 0.779. The summed E-state index contributed by atoms with van der Waals surface area (Å²) < 4.78 is 1.74. The zero-order valence-electron chi connectivity index (χ0n) is 11.8. The number of carbonyl (C=O) groups excluding carboxylic acids is 1. The molecule has 0 saturated heterocycles. The molecule has 2 aromatic rings. The maximum Gasteiger partial charge on any atom is 0.252 e. The molecule has 0 spiro atoms. The molecule has 0 saturated carbocycles. The molecule has 0 unspecified atom stereocenters. The first-order valence-electron chi connectivity index (χ1n) is 6.59. The van der Waals surface area contributed by atoms with Crippen molar-refractivity contribution >= 4 is 5.91 Å². The van der Waals surface area contributed by atoms with Crippen molar-refractivity contribution in [2.45, 2.75) is 6.42 Å². The molecule has 6 heteroatoms. The van der Waals surface area contributed by atoms with Gasteiger partial charge in [-0.05, 0) is 18.1 Å². The lowest BCUT2D eigenvalue weighted by molar-refractivity contribution is 0.0954. The van der Waals surface area contributed by atoms with Gasteiger partial charge in [0.25, 0.3) is 5.91 Å². The third kappa shape index (κ3) is 4.16. The summed E-state index contributed by atoms with van der Waals surface area (Å²) in [6.45, 7) is 0.785. The summed E-state index contributed by atoms with van der Waals surface area (Å²) in [7, 11) is 1.86. The summed E-state index contributed by atoms with van der Waals surface area (Å²) in [6, 6.07) is 1.65. The van der Waals surface area contributed by atoms with Crippen LogP contribution in [-0.2, 0) is 13.5 Å². The average molecular weight is 283 g/mol. The maximum absolute atomic E-state index is 12.2. The van der Waals surface area contributed by atoms with Crippen LogP contribution in [0.3, 0.4) is 0 Å². The minimum atomic E-state index is -0.164. The van der Waals surface area contributed by atoms with E-state index in [4.69, 9.17) is 5.73 Å². The van der Waals surface area contributed by atoms with Gasteiger partial charge in [-0.1, -0.05) is 11.8 Å². The highest BCUT2D eigenvalue weighted by atomic mass is 16.1. The number of amides is 1. The molecule has 3 N–H and O–H groups in total. The van der Waals surface area contributed by atoms with E-state index in [9.17, 15) is 4.79 Å². The molecular formula is C15H17N5O. The standard InChI is InChI=1S/C15H17N5O/c1-20-11-12(9-19-20)4-8-18-15(21)14-5-7-17-10-13(14)3-2-6-16/h5,7,9-11H,4,6,8,16H2,1H3,(H,18,21). The topological polar surface area (TPSA) is 85.8 Å². The molecule has 2 aromatic heterocycles. The van der Waals surface area contributed by atoms with Gasteiger partial charge >= 0.3 is 0 Å². The monoisotopic (exact) mass is 283 g/mol. The van der Waals surface area contributed by atoms with Gasteiger partial charge in [0.2, 0.25) is 0 Å². The van der Waals surface area contributed by atoms with E-state index in [1.807, 2.05) is 13.2 Å². The van der Waals surface area contributed by atoms with Crippen LogP contribution in [0.15, 0.2) is 30.9 Å². The number of rotatable bonds is 4. The molecule has 0 aliphatic carbocycles. The fourth-order valence-corrected chi connectivity index (χ4v) is 1.85. The fraction of sp³-hybridized carbons (Fsp3) is 0.267. The number of nitrogens with two attached hydrogens (primary N) is 1. The van der Waals surface area contributed by atoms with Crippen molar-refractivity contribution in [1.82, 2.24) is 20.1 Å². The van der Waals surface area contributed by atoms with Crippen LogP contribution in [0.4, 0.5) is 0 Å². The van der Waals surface area contributed by atoms with Crippen LogP contribution >= 0.6 is 0 Å². The summed E-state index contributed by atoms with van der Waals surface area (Å²) in [5.41, 5.74) is 7.52. The van der Waals surface area contributed by atoms with Gasteiger partial charge in [-0.2, -0.15) is 5.10 Å².